The van der Waals surface area contributed by atoms with Crippen LogP contribution in [-0.2, 0) is 0 Å². The Morgan fingerprint density at radius 2 is 2.27 bits per heavy atom. The van der Waals surface area contributed by atoms with Crippen molar-refractivity contribution in [2.45, 2.75) is 37.8 Å². The van der Waals surface area contributed by atoms with E-state index in [2.05, 4.69) is 11.9 Å². The van der Waals surface area contributed by atoms with Crippen molar-refractivity contribution in [1.29, 1.82) is 0 Å². The quantitative estimate of drug-likeness (QED) is 0.824. The molecule has 3 heteroatoms. The molecule has 0 aromatic carbocycles. The number of hydrogen-bond acceptors (Lipinski definition) is 3. The van der Waals surface area contributed by atoms with Crippen LogP contribution in [0.2, 0.25) is 0 Å². The predicted octanol–water partition coefficient (Wildman–Crippen LogP) is 2.15. The SMILES string of the molecule is CN(C1CCCC1)C(CN)c1ccoc1. The van der Waals surface area contributed by atoms with Crippen LogP contribution in [0.15, 0.2) is 23.0 Å². The average molecular weight is 208 g/mol. The van der Waals surface area contributed by atoms with E-state index in [9.17, 15) is 0 Å². The lowest BCUT2D eigenvalue weighted by atomic mass is 10.1. The van der Waals surface area contributed by atoms with E-state index in [1.165, 1.54) is 31.2 Å². The van der Waals surface area contributed by atoms with Crippen LogP contribution in [0.5, 0.6) is 0 Å². The monoisotopic (exact) mass is 208 g/mol. The molecule has 1 aromatic heterocycles. The van der Waals surface area contributed by atoms with E-state index in [1.54, 1.807) is 6.26 Å². The minimum Gasteiger partial charge on any atom is -0.472 e. The summed E-state index contributed by atoms with van der Waals surface area (Å²) < 4.78 is 5.13. The second-order valence-corrected chi connectivity index (χ2v) is 4.41. The van der Waals surface area contributed by atoms with Gasteiger partial charge >= 0.3 is 0 Å². The molecule has 1 aliphatic carbocycles. The first kappa shape index (κ1) is 10.7. The number of nitrogens with two attached hydrogens (primary N) is 1. The molecule has 0 radical (unpaired) electrons. The van der Waals surface area contributed by atoms with Crippen LogP contribution in [0.4, 0.5) is 0 Å². The zero-order valence-electron chi connectivity index (χ0n) is 9.36. The predicted molar refractivity (Wildman–Crippen MR) is 60.5 cm³/mol. The second-order valence-electron chi connectivity index (χ2n) is 4.41. The highest BCUT2D eigenvalue weighted by Crippen LogP contribution is 2.29. The van der Waals surface area contributed by atoms with E-state index < -0.39 is 0 Å². The minimum atomic E-state index is 0.312. The summed E-state index contributed by atoms with van der Waals surface area (Å²) in [5.74, 6) is 0. The summed E-state index contributed by atoms with van der Waals surface area (Å²) in [6.45, 7) is 0.659. The average Bonchev–Trinajstić information content (AvgIpc) is 2.91. The zero-order valence-corrected chi connectivity index (χ0v) is 9.36. The fourth-order valence-corrected chi connectivity index (χ4v) is 2.57. The molecule has 1 aromatic rings. The Labute approximate surface area is 91.2 Å². The van der Waals surface area contributed by atoms with Gasteiger partial charge in [-0.3, -0.25) is 4.90 Å². The molecule has 1 heterocycles. The fraction of sp³-hybridized carbons (Fsp3) is 0.667. The molecule has 0 spiro atoms. The molecule has 0 amide bonds. The molecular weight excluding hydrogens is 188 g/mol. The Balaban J connectivity index is 2.05. The lowest BCUT2D eigenvalue weighted by Gasteiger charge is -2.31. The molecule has 1 aliphatic rings. The van der Waals surface area contributed by atoms with Gasteiger partial charge in [-0.25, -0.2) is 0 Å². The van der Waals surface area contributed by atoms with Gasteiger partial charge in [0.1, 0.15) is 0 Å². The van der Waals surface area contributed by atoms with E-state index in [0.717, 1.165) is 0 Å². The summed E-state index contributed by atoms with van der Waals surface area (Å²) in [7, 11) is 2.18. The van der Waals surface area contributed by atoms with Crippen LogP contribution in [0.25, 0.3) is 0 Å². The molecule has 2 rings (SSSR count). The standard InChI is InChI=1S/C12H20N2O/c1-14(11-4-2-3-5-11)12(8-13)10-6-7-15-9-10/h6-7,9,11-12H,2-5,8,13H2,1H3. The summed E-state index contributed by atoms with van der Waals surface area (Å²) in [6, 6.07) is 3.03. The van der Waals surface area contributed by atoms with E-state index >= 15 is 0 Å². The summed E-state index contributed by atoms with van der Waals surface area (Å²) in [4.78, 5) is 2.41. The van der Waals surface area contributed by atoms with Crippen LogP contribution in [0.1, 0.15) is 37.3 Å². The maximum Gasteiger partial charge on any atom is 0.0950 e. The molecule has 84 valence electrons. The van der Waals surface area contributed by atoms with Crippen LogP contribution < -0.4 is 5.73 Å². The summed E-state index contributed by atoms with van der Waals surface area (Å²) >= 11 is 0. The summed E-state index contributed by atoms with van der Waals surface area (Å²) in [5.41, 5.74) is 7.05. The van der Waals surface area contributed by atoms with Crippen LogP contribution in [0, 0.1) is 0 Å². The Bertz CT molecular complexity index is 278. The van der Waals surface area contributed by atoms with Crippen molar-refractivity contribution in [3.63, 3.8) is 0 Å². The normalized spacial score (nSPS) is 19.9. The van der Waals surface area contributed by atoms with Gasteiger partial charge in [-0.1, -0.05) is 12.8 Å². The molecule has 0 saturated heterocycles. The highest BCUT2D eigenvalue weighted by atomic mass is 16.3. The number of likely N-dealkylation sites (N-methyl/N-ethyl adjacent to an activating group) is 1. The van der Waals surface area contributed by atoms with Gasteiger partial charge in [0.05, 0.1) is 18.6 Å². The van der Waals surface area contributed by atoms with Crippen LogP contribution in [0.3, 0.4) is 0 Å². The van der Waals surface area contributed by atoms with Crippen molar-refractivity contribution < 1.29 is 4.42 Å². The summed E-state index contributed by atoms with van der Waals surface area (Å²) in [6.07, 6.45) is 8.87. The summed E-state index contributed by atoms with van der Waals surface area (Å²) in [5, 5.41) is 0. The van der Waals surface area contributed by atoms with Crippen molar-refractivity contribution in [3.8, 4) is 0 Å². The minimum absolute atomic E-state index is 0.312. The second kappa shape index (κ2) is 4.81. The van der Waals surface area contributed by atoms with Gasteiger partial charge in [-0.05, 0) is 26.0 Å². The first-order valence-electron chi connectivity index (χ1n) is 5.77. The molecule has 1 atom stereocenters. The molecule has 0 aliphatic heterocycles. The topological polar surface area (TPSA) is 42.4 Å². The smallest absolute Gasteiger partial charge is 0.0950 e. The molecule has 1 fully saturated rings. The van der Waals surface area contributed by atoms with Crippen LogP contribution >= 0.6 is 0 Å². The largest absolute Gasteiger partial charge is 0.472 e. The maximum absolute atomic E-state index is 5.85. The van der Waals surface area contributed by atoms with E-state index in [4.69, 9.17) is 10.2 Å². The van der Waals surface area contributed by atoms with Crippen molar-refractivity contribution in [2.75, 3.05) is 13.6 Å². The molecule has 1 saturated carbocycles. The van der Waals surface area contributed by atoms with Crippen molar-refractivity contribution in [1.82, 2.24) is 4.90 Å². The number of furan rings is 1. The Morgan fingerprint density at radius 1 is 1.53 bits per heavy atom. The lowest BCUT2D eigenvalue weighted by molar-refractivity contribution is 0.179. The van der Waals surface area contributed by atoms with E-state index in [0.29, 0.717) is 18.6 Å². The third kappa shape index (κ3) is 2.24. The number of nitrogens with zero attached hydrogens (tertiary/aromatic N) is 1. The van der Waals surface area contributed by atoms with Gasteiger partial charge in [0.15, 0.2) is 0 Å². The van der Waals surface area contributed by atoms with Crippen molar-refractivity contribution in [2.24, 2.45) is 5.73 Å². The Hall–Kier alpha value is -0.800. The molecule has 1 unspecified atom stereocenters. The van der Waals surface area contributed by atoms with Crippen molar-refractivity contribution >= 4 is 0 Å². The van der Waals surface area contributed by atoms with Gasteiger partial charge in [-0.2, -0.15) is 0 Å². The van der Waals surface area contributed by atoms with Gasteiger partial charge < -0.3 is 10.2 Å². The molecular formula is C12H20N2O. The van der Waals surface area contributed by atoms with E-state index in [-0.39, 0.29) is 0 Å². The molecule has 0 bridgehead atoms. The lowest BCUT2D eigenvalue weighted by Crippen LogP contribution is -2.36. The Kier molecular flexibility index (Phi) is 3.44. The third-order valence-corrected chi connectivity index (χ3v) is 3.54. The maximum atomic E-state index is 5.85. The zero-order chi connectivity index (χ0) is 10.7. The number of hydrogen-bond donors (Lipinski definition) is 1. The molecule has 3 nitrogen and oxygen atoms in total. The van der Waals surface area contributed by atoms with Crippen molar-refractivity contribution in [3.05, 3.63) is 24.2 Å². The van der Waals surface area contributed by atoms with E-state index in [1.807, 2.05) is 12.3 Å². The first-order chi connectivity index (χ1) is 7.33. The van der Waals surface area contributed by atoms with Gasteiger partial charge in [-0.15, -0.1) is 0 Å². The molecule has 15 heavy (non-hydrogen) atoms. The Morgan fingerprint density at radius 3 is 2.80 bits per heavy atom. The first-order valence-corrected chi connectivity index (χ1v) is 5.77. The highest BCUT2D eigenvalue weighted by Gasteiger charge is 2.26. The van der Waals surface area contributed by atoms with Crippen LogP contribution in [-0.4, -0.2) is 24.5 Å². The van der Waals surface area contributed by atoms with Gasteiger partial charge in [0, 0.05) is 18.2 Å². The highest BCUT2D eigenvalue weighted by molar-refractivity contribution is 5.12. The molecule has 2 N–H and O–H groups in total. The number of rotatable bonds is 4. The third-order valence-electron chi connectivity index (χ3n) is 3.54. The fourth-order valence-electron chi connectivity index (χ4n) is 2.57. The van der Waals surface area contributed by atoms with Gasteiger partial charge in [0.2, 0.25) is 0 Å². The van der Waals surface area contributed by atoms with Gasteiger partial charge in [0.25, 0.3) is 0 Å².